The molecule has 0 unspecified atom stereocenters. The van der Waals surface area contributed by atoms with Crippen LogP contribution in [0.25, 0.3) is 120 Å². The molecule has 4 aromatic heterocycles. The molecule has 16 aromatic rings. The third-order valence-corrected chi connectivity index (χ3v) is 15.5. The quantitative estimate of drug-likeness (QED) is 0.155. The molecule has 16 rings (SSSR count). The highest BCUT2D eigenvalue weighted by atomic mass is 16.4. The fraction of sp³-hybridized carbons (Fsp3) is 0.0588. The molecule has 4 heterocycles. The first kappa shape index (κ1) is 41.1. The Bertz CT molecular complexity index is 4480. The van der Waals surface area contributed by atoms with E-state index < -0.39 is 0 Å². The molecule has 6 nitrogen and oxygen atoms in total. The zero-order valence-electron chi connectivity index (χ0n) is 40.7. The van der Waals surface area contributed by atoms with Gasteiger partial charge in [0.15, 0.2) is 22.3 Å². The maximum Gasteiger partial charge on any atom is 0.163 e. The van der Waals surface area contributed by atoms with Crippen LogP contribution in [0, 0.1) is 0 Å². The highest BCUT2D eigenvalue weighted by molar-refractivity contribution is 6.32. The van der Waals surface area contributed by atoms with Gasteiger partial charge in [-0.05, 0) is 93.9 Å². The monoisotopic (exact) mass is 952 g/mol. The molecular weight excluding hydrogens is 909 g/mol. The third kappa shape index (κ3) is 5.76. The number of anilines is 6. The lowest BCUT2D eigenvalue weighted by Crippen LogP contribution is -2.15. The second kappa shape index (κ2) is 15.0. The highest BCUT2D eigenvalue weighted by Crippen LogP contribution is 2.56. The molecule has 0 saturated heterocycles. The molecule has 0 aliphatic carbocycles. The van der Waals surface area contributed by atoms with Crippen molar-refractivity contribution in [2.24, 2.45) is 0 Å². The zero-order chi connectivity index (χ0) is 49.0. The predicted octanol–water partition coefficient (Wildman–Crippen LogP) is 20.4. The first-order chi connectivity index (χ1) is 36.3. The molecule has 350 valence electrons. The van der Waals surface area contributed by atoms with Crippen molar-refractivity contribution in [2.45, 2.75) is 26.2 Å². The molecule has 0 radical (unpaired) electrons. The summed E-state index contributed by atoms with van der Waals surface area (Å²) in [5.74, 6) is 0. The smallest absolute Gasteiger partial charge is 0.163 e. The van der Waals surface area contributed by atoms with Gasteiger partial charge >= 0.3 is 0 Å². The Morgan fingerprint density at radius 3 is 0.986 bits per heavy atom. The van der Waals surface area contributed by atoms with Crippen LogP contribution < -0.4 is 9.80 Å². The summed E-state index contributed by atoms with van der Waals surface area (Å²) in [7, 11) is 0. The van der Waals surface area contributed by atoms with E-state index in [1.807, 2.05) is 24.3 Å². The molecule has 0 saturated carbocycles. The van der Waals surface area contributed by atoms with Crippen LogP contribution in [0.2, 0.25) is 0 Å². The number of para-hydroxylation sites is 6. The van der Waals surface area contributed by atoms with Crippen molar-refractivity contribution in [3.8, 4) is 0 Å². The molecular formula is C68H44N2O4. The lowest BCUT2D eigenvalue weighted by molar-refractivity contribution is 0.591. The van der Waals surface area contributed by atoms with Crippen LogP contribution in [0.5, 0.6) is 0 Å². The number of fused-ring (bicyclic) bond motifs is 12. The Kier molecular flexibility index (Phi) is 8.34. The minimum atomic E-state index is -0.0680. The van der Waals surface area contributed by atoms with Crippen molar-refractivity contribution in [1.29, 1.82) is 0 Å². The molecule has 0 N–H and O–H groups in total. The predicted molar refractivity (Wildman–Crippen MR) is 307 cm³/mol. The molecule has 0 aliphatic rings. The van der Waals surface area contributed by atoms with Gasteiger partial charge in [-0.25, -0.2) is 0 Å². The number of benzene rings is 12. The minimum Gasteiger partial charge on any atom is -0.454 e. The topological polar surface area (TPSA) is 59.0 Å². The van der Waals surface area contributed by atoms with Gasteiger partial charge < -0.3 is 27.5 Å². The Morgan fingerprint density at radius 1 is 0.297 bits per heavy atom. The van der Waals surface area contributed by atoms with Crippen molar-refractivity contribution in [1.82, 2.24) is 0 Å². The summed E-state index contributed by atoms with van der Waals surface area (Å²) in [4.78, 5) is 4.76. The van der Waals surface area contributed by atoms with Crippen LogP contribution in [0.15, 0.2) is 230 Å². The van der Waals surface area contributed by atoms with Gasteiger partial charge in [-0.15, -0.1) is 0 Å². The van der Waals surface area contributed by atoms with Gasteiger partial charge in [-0.2, -0.15) is 0 Å². The van der Waals surface area contributed by atoms with Gasteiger partial charge in [-0.3, -0.25) is 0 Å². The average Bonchev–Trinajstić information content (AvgIpc) is 4.21. The van der Waals surface area contributed by atoms with E-state index in [0.29, 0.717) is 0 Å². The Balaban J connectivity index is 1.12. The van der Waals surface area contributed by atoms with E-state index >= 15 is 0 Å². The molecule has 12 aromatic carbocycles. The SMILES string of the molecule is CC(C)(C)c1cc2ccc3c(N(c4ccccc4)c4c5oc6ccccc6c5cc5c4oc4ccccc45)cc(N(c4ccccc4)c4c5oc6ccccc6c5cc5c4oc4ccccc45)c4ccc(c1)c2c34. The lowest BCUT2D eigenvalue weighted by atomic mass is 9.83. The number of nitrogens with zero attached hydrogens (tertiary/aromatic N) is 2. The summed E-state index contributed by atoms with van der Waals surface area (Å²) >= 11 is 0. The first-order valence-corrected chi connectivity index (χ1v) is 25.3. The van der Waals surface area contributed by atoms with E-state index in [9.17, 15) is 0 Å². The second-order valence-corrected chi connectivity index (χ2v) is 20.8. The van der Waals surface area contributed by atoms with Crippen LogP contribution in [0.4, 0.5) is 34.1 Å². The summed E-state index contributed by atoms with van der Waals surface area (Å²) in [6.07, 6.45) is 0. The molecule has 0 atom stereocenters. The van der Waals surface area contributed by atoms with E-state index in [1.165, 1.54) is 21.7 Å². The van der Waals surface area contributed by atoms with Crippen molar-refractivity contribution in [2.75, 3.05) is 9.80 Å². The summed E-state index contributed by atoms with van der Waals surface area (Å²) < 4.78 is 28.5. The Hall–Kier alpha value is -9.52. The fourth-order valence-electron chi connectivity index (χ4n) is 12.1. The summed E-state index contributed by atoms with van der Waals surface area (Å²) in [5, 5.41) is 15.1. The lowest BCUT2D eigenvalue weighted by Gasteiger charge is -2.32. The third-order valence-electron chi connectivity index (χ3n) is 15.5. The molecule has 0 spiro atoms. The summed E-state index contributed by atoms with van der Waals surface area (Å²) in [6, 6.07) is 75.6. The van der Waals surface area contributed by atoms with Crippen LogP contribution >= 0.6 is 0 Å². The standard InChI is InChI=1S/C68H44N2O4/c1-68(2,3)41-34-39-30-32-48-54(69(42-18-6-4-7-19-42)62-64-50(44-22-10-14-26-56(44)71-64)36-51-45-23-11-15-27-57(45)72-65(51)62)38-55(49-33-31-40(35-41)60(39)61(48)49)70(43-20-8-5-9-21-43)63-66-52(46-24-12-16-28-58(46)73-66)37-53-47-25-13-17-29-59(47)74-67(53)63/h4-38H,1-3H3. The van der Waals surface area contributed by atoms with Crippen LogP contribution in [0.1, 0.15) is 26.3 Å². The van der Waals surface area contributed by atoms with Crippen molar-refractivity contribution >= 4 is 154 Å². The number of hydrogen-bond donors (Lipinski definition) is 0. The maximum atomic E-state index is 7.12. The van der Waals surface area contributed by atoms with Crippen LogP contribution in [0.3, 0.4) is 0 Å². The van der Waals surface area contributed by atoms with Gasteiger partial charge in [0.1, 0.15) is 33.7 Å². The van der Waals surface area contributed by atoms with Crippen molar-refractivity contribution in [3.05, 3.63) is 218 Å². The van der Waals surface area contributed by atoms with Crippen LogP contribution in [-0.2, 0) is 5.41 Å². The first-order valence-electron chi connectivity index (χ1n) is 25.3. The minimum absolute atomic E-state index is 0.0680. The van der Waals surface area contributed by atoms with Gasteiger partial charge in [0.2, 0.25) is 0 Å². The Morgan fingerprint density at radius 2 is 0.635 bits per heavy atom. The average molecular weight is 953 g/mol. The van der Waals surface area contributed by atoms with Crippen LogP contribution in [-0.4, -0.2) is 0 Å². The largest absolute Gasteiger partial charge is 0.454 e. The molecule has 0 bridgehead atoms. The van der Waals surface area contributed by atoms with Gasteiger partial charge in [-0.1, -0.05) is 166 Å². The second-order valence-electron chi connectivity index (χ2n) is 20.8. The molecule has 0 amide bonds. The van der Waals surface area contributed by atoms with E-state index in [2.05, 4.69) is 219 Å². The maximum absolute atomic E-state index is 7.12. The number of hydrogen-bond acceptors (Lipinski definition) is 6. The van der Waals surface area contributed by atoms with E-state index in [0.717, 1.165) is 138 Å². The van der Waals surface area contributed by atoms with Gasteiger partial charge in [0, 0.05) is 70.6 Å². The van der Waals surface area contributed by atoms with Gasteiger partial charge in [0.05, 0.1) is 11.4 Å². The summed E-state index contributed by atoms with van der Waals surface area (Å²) in [5.41, 5.74) is 12.8. The number of rotatable bonds is 6. The molecule has 0 fully saturated rings. The molecule has 6 heteroatoms. The molecule has 74 heavy (non-hydrogen) atoms. The van der Waals surface area contributed by atoms with Gasteiger partial charge in [0.25, 0.3) is 0 Å². The van der Waals surface area contributed by atoms with Crippen molar-refractivity contribution in [3.63, 3.8) is 0 Å². The fourth-order valence-corrected chi connectivity index (χ4v) is 12.1. The highest BCUT2D eigenvalue weighted by Gasteiger charge is 2.33. The van der Waals surface area contributed by atoms with E-state index in [4.69, 9.17) is 17.7 Å². The van der Waals surface area contributed by atoms with E-state index in [1.54, 1.807) is 0 Å². The summed E-state index contributed by atoms with van der Waals surface area (Å²) in [6.45, 7) is 6.88. The van der Waals surface area contributed by atoms with Crippen molar-refractivity contribution < 1.29 is 17.7 Å². The van der Waals surface area contributed by atoms with E-state index in [-0.39, 0.29) is 5.41 Å². The Labute approximate surface area is 423 Å². The number of furan rings is 4. The zero-order valence-corrected chi connectivity index (χ0v) is 40.7. The normalized spacial score (nSPS) is 12.5. The molecule has 0 aliphatic heterocycles.